The van der Waals surface area contributed by atoms with Crippen molar-refractivity contribution in [3.8, 4) is 0 Å². The van der Waals surface area contributed by atoms with Crippen LogP contribution in [-0.4, -0.2) is 66.7 Å². The van der Waals surface area contributed by atoms with Gasteiger partial charge in [0, 0.05) is 50.6 Å². The molecule has 7 heteroatoms. The number of rotatable bonds is 8. The number of nitrogens with one attached hydrogen (secondary N) is 1. The summed E-state index contributed by atoms with van der Waals surface area (Å²) in [6.07, 6.45) is 0.953. The Morgan fingerprint density at radius 2 is 1.72 bits per heavy atom. The minimum atomic E-state index is -0.184. The SMILES string of the molecule is CCN(CC)c1ccc(NC(=S)N2CCCN(CC(=O)OCc3ccccc3)CC2)cc1. The van der Waals surface area contributed by atoms with Gasteiger partial charge in [0.1, 0.15) is 6.61 Å². The average Bonchev–Trinajstić information content (AvgIpc) is 3.06. The van der Waals surface area contributed by atoms with Gasteiger partial charge in [0.05, 0.1) is 6.54 Å². The summed E-state index contributed by atoms with van der Waals surface area (Å²) in [5.74, 6) is -0.184. The Hall–Kier alpha value is -2.64. The molecule has 172 valence electrons. The number of thiocarbonyl (C=S) groups is 1. The average molecular weight is 455 g/mol. The zero-order chi connectivity index (χ0) is 22.8. The molecule has 0 unspecified atom stereocenters. The maximum absolute atomic E-state index is 12.3. The quantitative estimate of drug-likeness (QED) is 0.478. The largest absolute Gasteiger partial charge is 0.460 e. The van der Waals surface area contributed by atoms with Crippen LogP contribution in [0.2, 0.25) is 0 Å². The van der Waals surface area contributed by atoms with Gasteiger partial charge in [-0.3, -0.25) is 9.69 Å². The van der Waals surface area contributed by atoms with Gasteiger partial charge in [0.15, 0.2) is 5.11 Å². The molecule has 0 spiro atoms. The molecule has 1 N–H and O–H groups in total. The number of benzene rings is 2. The van der Waals surface area contributed by atoms with E-state index in [1.807, 2.05) is 30.3 Å². The van der Waals surface area contributed by atoms with Crippen molar-refractivity contribution in [1.29, 1.82) is 0 Å². The molecule has 2 aromatic rings. The summed E-state index contributed by atoms with van der Waals surface area (Å²) in [7, 11) is 0. The molecule has 0 atom stereocenters. The molecular formula is C25H34N4O2S. The molecule has 1 saturated heterocycles. The number of nitrogens with zero attached hydrogens (tertiary/aromatic N) is 3. The van der Waals surface area contributed by atoms with Crippen molar-refractivity contribution in [3.05, 3.63) is 60.2 Å². The van der Waals surface area contributed by atoms with Crippen LogP contribution in [-0.2, 0) is 16.1 Å². The van der Waals surface area contributed by atoms with Gasteiger partial charge in [-0.2, -0.15) is 0 Å². The molecule has 0 aromatic heterocycles. The Kier molecular flexibility index (Phi) is 9.31. The highest BCUT2D eigenvalue weighted by atomic mass is 32.1. The van der Waals surface area contributed by atoms with E-state index in [4.69, 9.17) is 17.0 Å². The third kappa shape index (κ3) is 7.21. The summed E-state index contributed by atoms with van der Waals surface area (Å²) in [5.41, 5.74) is 3.22. The van der Waals surface area contributed by atoms with E-state index in [2.05, 4.69) is 58.1 Å². The molecule has 0 radical (unpaired) electrons. The highest BCUT2D eigenvalue weighted by molar-refractivity contribution is 7.80. The number of anilines is 2. The molecule has 0 saturated carbocycles. The van der Waals surface area contributed by atoms with Crippen LogP contribution in [0, 0.1) is 0 Å². The normalized spacial score (nSPS) is 14.5. The Labute approximate surface area is 197 Å². The van der Waals surface area contributed by atoms with E-state index in [1.165, 1.54) is 5.69 Å². The van der Waals surface area contributed by atoms with Gasteiger partial charge in [-0.25, -0.2) is 0 Å². The first-order chi connectivity index (χ1) is 15.6. The van der Waals surface area contributed by atoms with Crippen molar-refractivity contribution >= 4 is 34.7 Å². The Morgan fingerprint density at radius 1 is 1.00 bits per heavy atom. The topological polar surface area (TPSA) is 48.0 Å². The fraction of sp³-hybridized carbons (Fsp3) is 0.440. The first-order valence-corrected chi connectivity index (χ1v) is 11.8. The molecular weight excluding hydrogens is 420 g/mol. The molecule has 0 amide bonds. The molecule has 1 fully saturated rings. The lowest BCUT2D eigenvalue weighted by Gasteiger charge is -2.25. The number of carbonyl (C=O) groups excluding carboxylic acids is 1. The molecule has 32 heavy (non-hydrogen) atoms. The van der Waals surface area contributed by atoms with E-state index < -0.39 is 0 Å². The van der Waals surface area contributed by atoms with Gasteiger partial charge >= 0.3 is 5.97 Å². The standard InChI is InChI=1S/C25H34N4O2S/c1-3-28(4-2)23-13-11-22(12-14-23)26-25(32)29-16-8-15-27(17-18-29)19-24(30)31-20-21-9-6-5-7-10-21/h5-7,9-14H,3-4,8,15-20H2,1-2H3,(H,26,32). The predicted octanol–water partition coefficient (Wildman–Crippen LogP) is 3.98. The van der Waals surface area contributed by atoms with Crippen molar-refractivity contribution in [3.63, 3.8) is 0 Å². The third-order valence-corrected chi connectivity index (χ3v) is 6.08. The van der Waals surface area contributed by atoms with Crippen molar-refractivity contribution < 1.29 is 9.53 Å². The number of hydrogen-bond acceptors (Lipinski definition) is 5. The van der Waals surface area contributed by atoms with E-state index >= 15 is 0 Å². The molecule has 0 aliphatic carbocycles. The second-order valence-electron chi connectivity index (χ2n) is 7.91. The monoisotopic (exact) mass is 454 g/mol. The van der Waals surface area contributed by atoms with Gasteiger partial charge < -0.3 is 19.9 Å². The number of esters is 1. The Bertz CT molecular complexity index is 856. The van der Waals surface area contributed by atoms with Crippen LogP contribution in [0.4, 0.5) is 11.4 Å². The van der Waals surface area contributed by atoms with E-state index in [9.17, 15) is 4.79 Å². The zero-order valence-corrected chi connectivity index (χ0v) is 19.9. The molecule has 3 rings (SSSR count). The van der Waals surface area contributed by atoms with Crippen LogP contribution >= 0.6 is 12.2 Å². The Morgan fingerprint density at radius 3 is 2.41 bits per heavy atom. The van der Waals surface area contributed by atoms with Crippen LogP contribution < -0.4 is 10.2 Å². The first kappa shape index (κ1) is 24.0. The fourth-order valence-corrected chi connectivity index (χ4v) is 4.15. The second-order valence-corrected chi connectivity index (χ2v) is 8.30. The van der Waals surface area contributed by atoms with Crippen molar-refractivity contribution in [2.45, 2.75) is 26.9 Å². The number of ether oxygens (including phenoxy) is 1. The van der Waals surface area contributed by atoms with Gasteiger partial charge in [0.2, 0.25) is 0 Å². The highest BCUT2D eigenvalue weighted by Gasteiger charge is 2.19. The smallest absolute Gasteiger partial charge is 0.320 e. The minimum Gasteiger partial charge on any atom is -0.460 e. The third-order valence-electron chi connectivity index (χ3n) is 5.72. The summed E-state index contributed by atoms with van der Waals surface area (Å²) in [6, 6.07) is 18.2. The molecule has 1 aliphatic heterocycles. The van der Waals surface area contributed by atoms with Crippen LogP contribution in [0.15, 0.2) is 54.6 Å². The van der Waals surface area contributed by atoms with E-state index in [0.717, 1.165) is 62.1 Å². The summed E-state index contributed by atoms with van der Waals surface area (Å²) in [4.78, 5) is 18.9. The van der Waals surface area contributed by atoms with Gasteiger partial charge in [-0.15, -0.1) is 0 Å². The van der Waals surface area contributed by atoms with Crippen LogP contribution in [0.3, 0.4) is 0 Å². The molecule has 1 aliphatic rings. The number of carbonyl (C=O) groups is 1. The minimum absolute atomic E-state index is 0.184. The van der Waals surface area contributed by atoms with Crippen LogP contribution in [0.5, 0.6) is 0 Å². The zero-order valence-electron chi connectivity index (χ0n) is 19.1. The van der Waals surface area contributed by atoms with Crippen molar-refractivity contribution in [2.24, 2.45) is 0 Å². The van der Waals surface area contributed by atoms with E-state index in [1.54, 1.807) is 0 Å². The van der Waals surface area contributed by atoms with Gasteiger partial charge in [-0.1, -0.05) is 30.3 Å². The summed E-state index contributed by atoms with van der Waals surface area (Å²) in [5, 5.41) is 4.10. The molecule has 1 heterocycles. The van der Waals surface area contributed by atoms with Crippen molar-refractivity contribution in [2.75, 3.05) is 56.0 Å². The highest BCUT2D eigenvalue weighted by Crippen LogP contribution is 2.18. The molecule has 6 nitrogen and oxygen atoms in total. The van der Waals surface area contributed by atoms with Gasteiger partial charge in [0.25, 0.3) is 0 Å². The maximum Gasteiger partial charge on any atom is 0.320 e. The lowest BCUT2D eigenvalue weighted by atomic mass is 10.2. The first-order valence-electron chi connectivity index (χ1n) is 11.4. The van der Waals surface area contributed by atoms with Gasteiger partial charge in [-0.05, 0) is 62.3 Å². The lowest BCUT2D eigenvalue weighted by molar-refractivity contribution is -0.146. The maximum atomic E-state index is 12.3. The number of hydrogen-bond donors (Lipinski definition) is 1. The van der Waals surface area contributed by atoms with E-state index in [-0.39, 0.29) is 5.97 Å². The van der Waals surface area contributed by atoms with Crippen LogP contribution in [0.25, 0.3) is 0 Å². The summed E-state index contributed by atoms with van der Waals surface area (Å²) in [6.45, 7) is 10.2. The molecule has 2 aromatic carbocycles. The predicted molar refractivity (Wildman–Crippen MR) is 135 cm³/mol. The molecule has 0 bridgehead atoms. The summed E-state index contributed by atoms with van der Waals surface area (Å²) >= 11 is 5.66. The van der Waals surface area contributed by atoms with Crippen molar-refractivity contribution in [1.82, 2.24) is 9.80 Å². The lowest BCUT2D eigenvalue weighted by Crippen LogP contribution is -2.39. The fourth-order valence-electron chi connectivity index (χ4n) is 3.85. The second kappa shape index (κ2) is 12.4. The van der Waals surface area contributed by atoms with E-state index in [0.29, 0.717) is 13.2 Å². The Balaban J connectivity index is 1.44. The summed E-state index contributed by atoms with van der Waals surface area (Å²) < 4.78 is 5.43. The van der Waals surface area contributed by atoms with Crippen LogP contribution in [0.1, 0.15) is 25.8 Å².